The van der Waals surface area contributed by atoms with Crippen LogP contribution in [0, 0.1) is 16.7 Å². The minimum atomic E-state index is -0.818. The van der Waals surface area contributed by atoms with Gasteiger partial charge in [-0.05, 0) is 32.6 Å². The number of thiazole rings is 1. The molecule has 3 amide bonds. The van der Waals surface area contributed by atoms with E-state index in [-0.39, 0.29) is 41.0 Å². The third-order valence-corrected chi connectivity index (χ3v) is 9.18. The van der Waals surface area contributed by atoms with Gasteiger partial charge in [-0.1, -0.05) is 0 Å². The van der Waals surface area contributed by atoms with E-state index < -0.39 is 18.1 Å². The Kier molecular flexibility index (Phi) is 8.25. The lowest BCUT2D eigenvalue weighted by atomic mass is 9.72. The van der Waals surface area contributed by atoms with Crippen LogP contribution < -0.4 is 16.0 Å². The molecule has 4 aliphatic heterocycles. The summed E-state index contributed by atoms with van der Waals surface area (Å²) in [5.41, 5.74) is 1.32. The maximum Gasteiger partial charge on any atom is 0.265 e. The lowest BCUT2D eigenvalue weighted by Gasteiger charge is -2.46. The van der Waals surface area contributed by atoms with Crippen molar-refractivity contribution in [2.24, 2.45) is 16.7 Å². The number of nitrogens with one attached hydrogen (secondary N) is 3. The Morgan fingerprint density at radius 2 is 2.08 bits per heavy atom. The third-order valence-electron chi connectivity index (χ3n) is 8.42. The molecule has 1 unspecified atom stereocenters. The van der Waals surface area contributed by atoms with Crippen molar-refractivity contribution in [3.05, 3.63) is 16.6 Å². The first kappa shape index (κ1) is 27.3. The van der Waals surface area contributed by atoms with E-state index in [0.29, 0.717) is 50.4 Å². The molecule has 3 atom stereocenters. The minimum absolute atomic E-state index is 0. The summed E-state index contributed by atoms with van der Waals surface area (Å²) in [6.45, 7) is 5.20. The van der Waals surface area contributed by atoms with Gasteiger partial charge in [-0.15, -0.1) is 23.7 Å². The number of ether oxygens (including phenoxy) is 2. The fourth-order valence-corrected chi connectivity index (χ4v) is 6.56. The highest BCUT2D eigenvalue weighted by atomic mass is 35.5. The number of hydrogen-bond acceptors (Lipinski definition) is 8. The summed E-state index contributed by atoms with van der Waals surface area (Å²) in [5.74, 6) is -1.00. The second kappa shape index (κ2) is 10.9. The molecular formula is C24H36ClN5O5S. The summed E-state index contributed by atoms with van der Waals surface area (Å²) in [7, 11) is 1.56. The average molecular weight is 542 g/mol. The van der Waals surface area contributed by atoms with Gasteiger partial charge in [-0.25, -0.2) is 0 Å². The lowest BCUT2D eigenvalue weighted by molar-refractivity contribution is -0.155. The Bertz CT molecular complexity index is 937. The number of likely N-dealkylation sites (tertiary alicyclic amines) is 1. The van der Waals surface area contributed by atoms with E-state index in [0.717, 1.165) is 25.7 Å². The molecule has 200 valence electrons. The highest BCUT2D eigenvalue weighted by Crippen LogP contribution is 2.43. The van der Waals surface area contributed by atoms with Gasteiger partial charge in [0.1, 0.15) is 10.9 Å². The van der Waals surface area contributed by atoms with Gasteiger partial charge in [0.05, 0.1) is 43.0 Å². The molecular weight excluding hydrogens is 506 g/mol. The van der Waals surface area contributed by atoms with Crippen molar-refractivity contribution in [3.63, 3.8) is 0 Å². The molecule has 10 nitrogen and oxygen atoms in total. The van der Waals surface area contributed by atoms with Gasteiger partial charge in [0.2, 0.25) is 11.8 Å². The van der Waals surface area contributed by atoms with Gasteiger partial charge in [-0.3, -0.25) is 19.4 Å². The van der Waals surface area contributed by atoms with Gasteiger partial charge >= 0.3 is 0 Å². The maximum atomic E-state index is 13.5. The second-order valence-electron chi connectivity index (χ2n) is 10.7. The molecule has 4 saturated heterocycles. The molecule has 6 rings (SSSR count). The van der Waals surface area contributed by atoms with E-state index in [1.807, 2.05) is 6.92 Å². The molecule has 1 spiro atoms. The lowest BCUT2D eigenvalue weighted by Crippen LogP contribution is -2.62. The zero-order valence-electron chi connectivity index (χ0n) is 20.8. The monoisotopic (exact) mass is 541 g/mol. The highest BCUT2D eigenvalue weighted by Gasteiger charge is 2.55. The van der Waals surface area contributed by atoms with Crippen molar-refractivity contribution in [3.8, 4) is 0 Å². The van der Waals surface area contributed by atoms with Crippen LogP contribution in [0.4, 0.5) is 0 Å². The zero-order valence-corrected chi connectivity index (χ0v) is 22.4. The number of nitrogens with zero attached hydrogens (tertiary/aromatic N) is 2. The largest absolute Gasteiger partial charge is 0.378 e. The van der Waals surface area contributed by atoms with Crippen LogP contribution in [-0.2, 0) is 19.1 Å². The molecule has 2 bridgehead atoms. The van der Waals surface area contributed by atoms with E-state index in [4.69, 9.17) is 9.47 Å². The molecule has 36 heavy (non-hydrogen) atoms. The van der Waals surface area contributed by atoms with Crippen molar-refractivity contribution in [2.75, 3.05) is 46.4 Å². The summed E-state index contributed by atoms with van der Waals surface area (Å²) >= 11 is 1.30. The number of halogens is 1. The van der Waals surface area contributed by atoms with Crippen LogP contribution in [0.3, 0.4) is 0 Å². The smallest absolute Gasteiger partial charge is 0.265 e. The standard InChI is InChI=1S/C24H35N5O5S.ClH/c1-15(33-12-23-5-3-16(4-6-23)34-13-23)19(21(31)25-2)28-20(30)17-8-29(11-24(17)9-27-10-24)22(32)18-7-26-14-35-18;/h7,14-17,19,27H,3-6,8-13H2,1-2H3,(H,25,31)(H,28,30);1H/t15-,16?,17?,19+,23?;/m1./s1. The summed E-state index contributed by atoms with van der Waals surface area (Å²) in [6, 6.07) is -0.818. The van der Waals surface area contributed by atoms with Crippen LogP contribution in [0.15, 0.2) is 11.7 Å². The fraction of sp³-hybridized carbons (Fsp3) is 0.750. The summed E-state index contributed by atoms with van der Waals surface area (Å²) in [6.07, 6.45) is 5.71. The fourth-order valence-electron chi connectivity index (χ4n) is 5.97. The van der Waals surface area contributed by atoms with Gasteiger partial charge in [0, 0.05) is 44.1 Å². The molecule has 1 aromatic rings. The number of carbonyl (C=O) groups excluding carboxylic acids is 3. The summed E-state index contributed by atoms with van der Waals surface area (Å²) in [4.78, 5) is 45.6. The Morgan fingerprint density at radius 1 is 1.33 bits per heavy atom. The van der Waals surface area contributed by atoms with E-state index in [9.17, 15) is 14.4 Å². The molecule has 5 aliphatic rings. The first-order valence-corrected chi connectivity index (χ1v) is 13.4. The average Bonchev–Trinajstić information content (AvgIpc) is 3.55. The number of amides is 3. The first-order valence-electron chi connectivity index (χ1n) is 12.5. The van der Waals surface area contributed by atoms with E-state index in [1.165, 1.54) is 11.3 Å². The third kappa shape index (κ3) is 5.13. The molecule has 0 radical (unpaired) electrons. The van der Waals surface area contributed by atoms with Crippen LogP contribution in [-0.4, -0.2) is 92.3 Å². The van der Waals surface area contributed by atoms with Crippen molar-refractivity contribution in [2.45, 2.75) is 50.9 Å². The van der Waals surface area contributed by atoms with E-state index in [1.54, 1.807) is 23.7 Å². The number of carbonyl (C=O) groups is 3. The van der Waals surface area contributed by atoms with Gasteiger partial charge in [0.25, 0.3) is 5.91 Å². The van der Waals surface area contributed by atoms with E-state index >= 15 is 0 Å². The molecule has 3 N–H and O–H groups in total. The van der Waals surface area contributed by atoms with Crippen LogP contribution in [0.5, 0.6) is 0 Å². The van der Waals surface area contributed by atoms with Crippen molar-refractivity contribution < 1.29 is 23.9 Å². The number of hydrogen-bond donors (Lipinski definition) is 3. The van der Waals surface area contributed by atoms with Gasteiger partial charge in [0.15, 0.2) is 0 Å². The molecule has 5 heterocycles. The maximum absolute atomic E-state index is 13.5. The second-order valence-corrected chi connectivity index (χ2v) is 11.6. The van der Waals surface area contributed by atoms with Crippen molar-refractivity contribution in [1.82, 2.24) is 25.8 Å². The van der Waals surface area contributed by atoms with Crippen molar-refractivity contribution >= 4 is 41.5 Å². The number of aromatic nitrogens is 1. The number of rotatable bonds is 8. The normalized spacial score (nSPS) is 29.7. The Morgan fingerprint density at radius 3 is 2.64 bits per heavy atom. The Hall–Kier alpha value is -1.79. The number of likely N-dealkylation sites (N-methyl/N-ethyl adjacent to an activating group) is 1. The molecule has 0 aromatic carbocycles. The van der Waals surface area contributed by atoms with Gasteiger partial charge in [-0.2, -0.15) is 0 Å². The van der Waals surface area contributed by atoms with Crippen LogP contribution in [0.25, 0.3) is 0 Å². The molecule has 1 aliphatic carbocycles. The quantitative estimate of drug-likeness (QED) is 0.445. The SMILES string of the molecule is CNC(=O)[C@@H](NC(=O)C1CN(C(=O)c2cncs2)CC12CNC2)[C@@H](C)OCC12CCC(CC1)OC2.Cl. The molecule has 1 saturated carbocycles. The Labute approximate surface area is 221 Å². The topological polar surface area (TPSA) is 122 Å². The van der Waals surface area contributed by atoms with Gasteiger partial charge < -0.3 is 30.3 Å². The van der Waals surface area contributed by atoms with Crippen LogP contribution >= 0.6 is 23.7 Å². The molecule has 5 fully saturated rings. The predicted molar refractivity (Wildman–Crippen MR) is 136 cm³/mol. The van der Waals surface area contributed by atoms with Crippen LogP contribution in [0.1, 0.15) is 42.3 Å². The zero-order chi connectivity index (χ0) is 24.6. The predicted octanol–water partition coefficient (Wildman–Crippen LogP) is 0.822. The molecule has 12 heteroatoms. The van der Waals surface area contributed by atoms with E-state index in [2.05, 4.69) is 20.9 Å². The van der Waals surface area contributed by atoms with Crippen LogP contribution in [0.2, 0.25) is 0 Å². The molecule has 1 aromatic heterocycles. The minimum Gasteiger partial charge on any atom is -0.378 e. The number of fused-ring (bicyclic) bond motifs is 3. The van der Waals surface area contributed by atoms with Crippen molar-refractivity contribution in [1.29, 1.82) is 0 Å². The summed E-state index contributed by atoms with van der Waals surface area (Å²) in [5, 5.41) is 8.90. The Balaban J connectivity index is 0.00000304. The summed E-state index contributed by atoms with van der Waals surface area (Å²) < 4.78 is 12.1. The highest BCUT2D eigenvalue weighted by molar-refractivity contribution is 7.11. The first-order chi connectivity index (χ1) is 16.8.